The first kappa shape index (κ1) is 19.3. The molecular formula is C23H23FN2O3. The van der Waals surface area contributed by atoms with Crippen molar-refractivity contribution in [1.29, 1.82) is 0 Å². The Morgan fingerprint density at radius 1 is 1.24 bits per heavy atom. The second-order valence-corrected chi connectivity index (χ2v) is 7.43. The maximum atomic E-state index is 14.5. The highest BCUT2D eigenvalue weighted by atomic mass is 19.1. The SMILES string of the molecule is COc1ccc(C(c2cnc3ccccc3c2)N2CCCC(C(=O)O)C2)cc1F. The first-order chi connectivity index (χ1) is 14.1. The molecule has 1 aliphatic rings. The third kappa shape index (κ3) is 3.93. The average molecular weight is 394 g/mol. The number of aliphatic carboxylic acids is 1. The number of ether oxygens (including phenoxy) is 1. The Morgan fingerprint density at radius 3 is 2.83 bits per heavy atom. The summed E-state index contributed by atoms with van der Waals surface area (Å²) in [5.74, 6) is -1.46. The van der Waals surface area contributed by atoms with Crippen LogP contribution in [-0.4, -0.2) is 41.2 Å². The molecule has 4 rings (SSSR count). The predicted octanol–water partition coefficient (Wildman–Crippen LogP) is 4.27. The van der Waals surface area contributed by atoms with Gasteiger partial charge >= 0.3 is 5.97 Å². The molecule has 29 heavy (non-hydrogen) atoms. The van der Waals surface area contributed by atoms with Crippen LogP contribution in [0.3, 0.4) is 0 Å². The molecule has 2 aromatic carbocycles. The van der Waals surface area contributed by atoms with Crippen molar-refractivity contribution in [1.82, 2.24) is 9.88 Å². The van der Waals surface area contributed by atoms with Crippen molar-refractivity contribution in [3.63, 3.8) is 0 Å². The number of carboxylic acids is 1. The third-order valence-electron chi connectivity index (χ3n) is 5.59. The van der Waals surface area contributed by atoms with Crippen LogP contribution in [0.5, 0.6) is 5.75 Å². The molecule has 1 N–H and O–H groups in total. The lowest BCUT2D eigenvalue weighted by Gasteiger charge is -2.37. The summed E-state index contributed by atoms with van der Waals surface area (Å²) in [7, 11) is 1.44. The molecule has 0 amide bonds. The van der Waals surface area contributed by atoms with Gasteiger partial charge in [0.15, 0.2) is 11.6 Å². The van der Waals surface area contributed by atoms with Crippen molar-refractivity contribution in [2.24, 2.45) is 5.92 Å². The van der Waals surface area contributed by atoms with E-state index in [9.17, 15) is 14.3 Å². The summed E-state index contributed by atoms with van der Waals surface area (Å²) in [6.07, 6.45) is 3.25. The third-order valence-corrected chi connectivity index (χ3v) is 5.59. The molecule has 0 bridgehead atoms. The Kier molecular flexibility index (Phi) is 5.45. The lowest BCUT2D eigenvalue weighted by atomic mass is 9.91. The Hall–Kier alpha value is -2.99. The number of hydrogen-bond donors (Lipinski definition) is 1. The van der Waals surface area contributed by atoms with E-state index in [-0.39, 0.29) is 11.8 Å². The van der Waals surface area contributed by atoms with Gasteiger partial charge in [-0.2, -0.15) is 0 Å². The molecule has 2 unspecified atom stereocenters. The van der Waals surface area contributed by atoms with E-state index < -0.39 is 17.7 Å². The fourth-order valence-corrected chi connectivity index (χ4v) is 4.15. The zero-order valence-corrected chi connectivity index (χ0v) is 16.2. The second kappa shape index (κ2) is 8.17. The number of benzene rings is 2. The minimum Gasteiger partial charge on any atom is -0.494 e. The summed E-state index contributed by atoms with van der Waals surface area (Å²) in [5, 5.41) is 10.5. The van der Waals surface area contributed by atoms with E-state index >= 15 is 0 Å². The molecule has 1 aliphatic heterocycles. The van der Waals surface area contributed by atoms with E-state index in [4.69, 9.17) is 4.74 Å². The highest BCUT2D eigenvalue weighted by molar-refractivity contribution is 5.79. The van der Waals surface area contributed by atoms with Gasteiger partial charge in [-0.05, 0) is 54.8 Å². The molecule has 0 aliphatic carbocycles. The van der Waals surface area contributed by atoms with Crippen LogP contribution in [0.2, 0.25) is 0 Å². The number of methoxy groups -OCH3 is 1. The number of hydrogen-bond acceptors (Lipinski definition) is 4. The number of piperidine rings is 1. The smallest absolute Gasteiger partial charge is 0.307 e. The first-order valence-electron chi connectivity index (χ1n) is 9.72. The molecule has 1 saturated heterocycles. The van der Waals surface area contributed by atoms with E-state index in [0.29, 0.717) is 13.0 Å². The maximum Gasteiger partial charge on any atom is 0.307 e. The minimum absolute atomic E-state index is 0.186. The van der Waals surface area contributed by atoms with E-state index in [0.717, 1.165) is 35.0 Å². The van der Waals surface area contributed by atoms with Gasteiger partial charge in [-0.25, -0.2) is 4.39 Å². The molecule has 0 spiro atoms. The summed E-state index contributed by atoms with van der Waals surface area (Å²) >= 11 is 0. The largest absolute Gasteiger partial charge is 0.494 e. The zero-order valence-electron chi connectivity index (χ0n) is 16.2. The number of likely N-dealkylation sites (tertiary alicyclic amines) is 1. The molecule has 0 saturated carbocycles. The summed E-state index contributed by atoms with van der Waals surface area (Å²) in [4.78, 5) is 18.3. The molecule has 5 nitrogen and oxygen atoms in total. The van der Waals surface area contributed by atoms with Crippen LogP contribution < -0.4 is 4.74 Å². The molecule has 1 aromatic heterocycles. The molecule has 3 aromatic rings. The van der Waals surface area contributed by atoms with Gasteiger partial charge in [-0.3, -0.25) is 14.7 Å². The van der Waals surface area contributed by atoms with Gasteiger partial charge in [0.25, 0.3) is 0 Å². The quantitative estimate of drug-likeness (QED) is 0.700. The van der Waals surface area contributed by atoms with Gasteiger partial charge in [0.1, 0.15) is 0 Å². The van der Waals surface area contributed by atoms with Gasteiger partial charge in [0, 0.05) is 18.1 Å². The number of carboxylic acid groups (broad SMARTS) is 1. The van der Waals surface area contributed by atoms with Gasteiger partial charge < -0.3 is 9.84 Å². The monoisotopic (exact) mass is 394 g/mol. The topological polar surface area (TPSA) is 62.7 Å². The lowest BCUT2D eigenvalue weighted by molar-refractivity contribution is -0.143. The van der Waals surface area contributed by atoms with Crippen molar-refractivity contribution in [2.45, 2.75) is 18.9 Å². The maximum absolute atomic E-state index is 14.5. The first-order valence-corrected chi connectivity index (χ1v) is 9.72. The highest BCUT2D eigenvalue weighted by Gasteiger charge is 2.32. The fraction of sp³-hybridized carbons (Fsp3) is 0.304. The molecule has 2 atom stereocenters. The van der Waals surface area contributed by atoms with Gasteiger partial charge in [-0.15, -0.1) is 0 Å². The van der Waals surface area contributed by atoms with Crippen molar-refractivity contribution in [3.05, 3.63) is 71.7 Å². The van der Waals surface area contributed by atoms with Crippen LogP contribution in [0.4, 0.5) is 4.39 Å². The Balaban J connectivity index is 1.79. The lowest BCUT2D eigenvalue weighted by Crippen LogP contribution is -2.41. The standard InChI is InChI=1S/C23H23FN2O3/c1-29-21-9-8-16(12-19(21)24)22(26-10-4-6-17(14-26)23(27)28)18-11-15-5-2-3-7-20(15)25-13-18/h2-3,5,7-9,11-13,17,22H,4,6,10,14H2,1H3,(H,27,28). The Labute approximate surface area is 168 Å². The number of aromatic nitrogens is 1. The Bertz CT molecular complexity index is 1040. The number of carbonyl (C=O) groups is 1. The average Bonchev–Trinajstić information content (AvgIpc) is 2.74. The molecule has 1 fully saturated rings. The van der Waals surface area contributed by atoms with Crippen LogP contribution >= 0.6 is 0 Å². The van der Waals surface area contributed by atoms with Crippen LogP contribution in [0.25, 0.3) is 10.9 Å². The van der Waals surface area contributed by atoms with Crippen LogP contribution in [0.1, 0.15) is 30.0 Å². The number of rotatable bonds is 5. The second-order valence-electron chi connectivity index (χ2n) is 7.43. The van der Waals surface area contributed by atoms with Crippen molar-refractivity contribution in [3.8, 4) is 5.75 Å². The van der Waals surface area contributed by atoms with Crippen LogP contribution in [-0.2, 0) is 4.79 Å². The fourth-order valence-electron chi connectivity index (χ4n) is 4.15. The minimum atomic E-state index is -0.786. The van der Waals surface area contributed by atoms with Crippen molar-refractivity contribution < 1.29 is 19.0 Å². The van der Waals surface area contributed by atoms with Crippen LogP contribution in [0.15, 0.2) is 54.7 Å². The van der Waals surface area contributed by atoms with Crippen LogP contribution in [0, 0.1) is 11.7 Å². The number of halogens is 1. The summed E-state index contributed by atoms with van der Waals surface area (Å²) in [6.45, 7) is 1.16. The normalized spacial score (nSPS) is 18.5. The summed E-state index contributed by atoms with van der Waals surface area (Å²) < 4.78 is 19.6. The van der Waals surface area contributed by atoms with Crippen molar-refractivity contribution in [2.75, 3.05) is 20.2 Å². The number of fused-ring (bicyclic) bond motifs is 1. The number of para-hydroxylation sites is 1. The molecule has 0 radical (unpaired) electrons. The molecule has 150 valence electrons. The zero-order chi connectivity index (χ0) is 20.4. The highest BCUT2D eigenvalue weighted by Crippen LogP contribution is 2.35. The summed E-state index contributed by atoms with van der Waals surface area (Å²) in [5.41, 5.74) is 2.56. The number of nitrogens with zero attached hydrogens (tertiary/aromatic N) is 2. The molecule has 6 heteroatoms. The van der Waals surface area contributed by atoms with E-state index in [1.165, 1.54) is 13.2 Å². The molecular weight excluding hydrogens is 371 g/mol. The van der Waals surface area contributed by atoms with Gasteiger partial charge in [-0.1, -0.05) is 24.3 Å². The van der Waals surface area contributed by atoms with E-state index in [2.05, 4.69) is 16.0 Å². The van der Waals surface area contributed by atoms with Crippen molar-refractivity contribution >= 4 is 16.9 Å². The van der Waals surface area contributed by atoms with E-state index in [1.807, 2.05) is 30.3 Å². The Morgan fingerprint density at radius 2 is 2.07 bits per heavy atom. The predicted molar refractivity (Wildman–Crippen MR) is 108 cm³/mol. The van der Waals surface area contributed by atoms with Gasteiger partial charge in [0.2, 0.25) is 0 Å². The van der Waals surface area contributed by atoms with E-state index in [1.54, 1.807) is 12.3 Å². The van der Waals surface area contributed by atoms with Gasteiger partial charge in [0.05, 0.1) is 24.6 Å². The molecule has 2 heterocycles. The number of pyridine rings is 1. The summed E-state index contributed by atoms with van der Waals surface area (Å²) in [6, 6.07) is 14.5.